The lowest BCUT2D eigenvalue weighted by molar-refractivity contribution is 0.670. The van der Waals surface area contributed by atoms with Gasteiger partial charge >= 0.3 is 0 Å². The van der Waals surface area contributed by atoms with E-state index in [2.05, 4.69) is 228 Å². The fraction of sp³-hybridized carbons (Fsp3) is 0. The molecule has 12 aromatic rings. The Balaban J connectivity index is 1.06. The van der Waals surface area contributed by atoms with Gasteiger partial charge in [0.1, 0.15) is 11.2 Å². The molecule has 0 aliphatic heterocycles. The Hall–Kier alpha value is -7.88. The van der Waals surface area contributed by atoms with Crippen molar-refractivity contribution in [3.63, 3.8) is 0 Å². The van der Waals surface area contributed by atoms with Crippen molar-refractivity contribution in [2.24, 2.45) is 0 Å². The van der Waals surface area contributed by atoms with Crippen LogP contribution < -0.4 is 4.90 Å². The molecule has 0 spiro atoms. The van der Waals surface area contributed by atoms with Crippen molar-refractivity contribution in [2.75, 3.05) is 4.90 Å². The van der Waals surface area contributed by atoms with Crippen molar-refractivity contribution in [3.05, 3.63) is 218 Å². The number of furan rings is 1. The van der Waals surface area contributed by atoms with Crippen molar-refractivity contribution in [2.45, 2.75) is 0 Å². The molecule has 0 radical (unpaired) electrons. The maximum absolute atomic E-state index is 6.96. The summed E-state index contributed by atoms with van der Waals surface area (Å²) >= 11 is 0. The molecule has 0 unspecified atom stereocenters. The highest BCUT2D eigenvalue weighted by Gasteiger charge is 2.24. The van der Waals surface area contributed by atoms with Crippen LogP contribution in [0.25, 0.3) is 93.2 Å². The van der Waals surface area contributed by atoms with Crippen molar-refractivity contribution in [1.82, 2.24) is 4.57 Å². The van der Waals surface area contributed by atoms with Gasteiger partial charge in [-0.3, -0.25) is 0 Å². The lowest BCUT2D eigenvalue weighted by Crippen LogP contribution is -2.10. The van der Waals surface area contributed by atoms with Crippen molar-refractivity contribution in [1.29, 1.82) is 0 Å². The number of hydrogen-bond donors (Lipinski definition) is 0. The van der Waals surface area contributed by atoms with E-state index >= 15 is 0 Å². The van der Waals surface area contributed by atoms with E-state index in [1.807, 2.05) is 0 Å². The summed E-state index contributed by atoms with van der Waals surface area (Å²) in [6.45, 7) is 0. The summed E-state index contributed by atoms with van der Waals surface area (Å²) in [5.74, 6) is 0. The molecule has 0 fully saturated rings. The van der Waals surface area contributed by atoms with Crippen molar-refractivity contribution >= 4 is 82.4 Å². The van der Waals surface area contributed by atoms with E-state index in [0.717, 1.165) is 55.8 Å². The minimum Gasteiger partial charge on any atom is -0.455 e. The second kappa shape index (κ2) is 13.4. The summed E-state index contributed by atoms with van der Waals surface area (Å²) in [5, 5.41) is 9.67. The molecule has 3 nitrogen and oxygen atoms in total. The largest absolute Gasteiger partial charge is 0.455 e. The zero-order chi connectivity index (χ0) is 38.9. The topological polar surface area (TPSA) is 21.3 Å². The van der Waals surface area contributed by atoms with Gasteiger partial charge in [-0.15, -0.1) is 0 Å². The summed E-state index contributed by atoms with van der Waals surface area (Å²) in [6.07, 6.45) is 0. The molecular weight excluding hydrogens is 717 g/mol. The van der Waals surface area contributed by atoms with E-state index in [4.69, 9.17) is 4.42 Å². The molecule has 0 atom stereocenters. The molecule has 0 N–H and O–H groups in total. The van der Waals surface area contributed by atoms with Crippen LogP contribution in [0.1, 0.15) is 0 Å². The molecule has 0 saturated heterocycles. The van der Waals surface area contributed by atoms with E-state index in [1.54, 1.807) is 0 Å². The summed E-state index contributed by atoms with van der Waals surface area (Å²) < 4.78 is 9.36. The molecule has 0 bridgehead atoms. The Labute approximate surface area is 341 Å². The number of benzene rings is 10. The minimum atomic E-state index is 0.859. The first kappa shape index (κ1) is 33.3. The van der Waals surface area contributed by atoms with E-state index < -0.39 is 0 Å². The van der Waals surface area contributed by atoms with Gasteiger partial charge in [0.25, 0.3) is 0 Å². The van der Waals surface area contributed by atoms with Crippen molar-refractivity contribution < 1.29 is 4.42 Å². The average Bonchev–Trinajstić information content (AvgIpc) is 3.86. The van der Waals surface area contributed by atoms with Crippen LogP contribution in [0.15, 0.2) is 223 Å². The summed E-state index contributed by atoms with van der Waals surface area (Å²) in [6, 6.07) is 78.5. The van der Waals surface area contributed by atoms with E-state index in [1.165, 1.54) is 54.5 Å². The maximum atomic E-state index is 6.96. The highest BCUT2D eigenvalue weighted by atomic mass is 16.3. The Morgan fingerprint density at radius 2 is 0.966 bits per heavy atom. The molecule has 12 rings (SSSR count). The maximum Gasteiger partial charge on any atom is 0.145 e. The molecule has 0 aliphatic rings. The molecule has 0 amide bonds. The van der Waals surface area contributed by atoms with Gasteiger partial charge in [-0.25, -0.2) is 0 Å². The van der Waals surface area contributed by atoms with Gasteiger partial charge in [-0.2, -0.15) is 0 Å². The smallest absolute Gasteiger partial charge is 0.145 e. The first-order valence-corrected chi connectivity index (χ1v) is 20.2. The molecular formula is C56H36N2O. The average molecular weight is 753 g/mol. The lowest BCUT2D eigenvalue weighted by Gasteiger charge is -2.27. The zero-order valence-corrected chi connectivity index (χ0v) is 32.1. The molecule has 3 heteroatoms. The number of rotatable bonds is 6. The Morgan fingerprint density at radius 3 is 1.76 bits per heavy atom. The lowest BCUT2D eigenvalue weighted by atomic mass is 9.94. The van der Waals surface area contributed by atoms with Gasteiger partial charge in [0, 0.05) is 38.7 Å². The third-order valence-electron chi connectivity index (χ3n) is 12.0. The van der Waals surface area contributed by atoms with Gasteiger partial charge in [0.05, 0.1) is 27.8 Å². The van der Waals surface area contributed by atoms with Gasteiger partial charge in [0.15, 0.2) is 0 Å². The number of nitrogens with zero attached hydrogens (tertiary/aromatic N) is 2. The molecule has 0 aliphatic carbocycles. The number of fused-ring (bicyclic) bond motifs is 9. The number of anilines is 3. The molecule has 0 saturated carbocycles. The predicted octanol–water partition coefficient (Wildman–Crippen LogP) is 15.8. The highest BCUT2D eigenvalue weighted by molar-refractivity contribution is 6.18. The van der Waals surface area contributed by atoms with Crippen LogP contribution in [0.3, 0.4) is 0 Å². The normalized spacial score (nSPS) is 11.7. The number of para-hydroxylation sites is 5. The Morgan fingerprint density at radius 1 is 0.356 bits per heavy atom. The molecule has 2 heterocycles. The number of hydrogen-bond acceptors (Lipinski definition) is 2. The first-order chi connectivity index (χ1) is 29.3. The first-order valence-electron chi connectivity index (χ1n) is 20.2. The van der Waals surface area contributed by atoms with Crippen LogP contribution in [0.4, 0.5) is 17.1 Å². The van der Waals surface area contributed by atoms with E-state index in [-0.39, 0.29) is 0 Å². The van der Waals surface area contributed by atoms with Crippen LogP contribution >= 0.6 is 0 Å². The second-order valence-corrected chi connectivity index (χ2v) is 15.2. The van der Waals surface area contributed by atoms with Crippen LogP contribution in [0.5, 0.6) is 0 Å². The van der Waals surface area contributed by atoms with Crippen LogP contribution in [0, 0.1) is 0 Å². The highest BCUT2D eigenvalue weighted by Crippen LogP contribution is 2.48. The quantitative estimate of drug-likeness (QED) is 0.158. The molecule has 276 valence electrons. The predicted molar refractivity (Wildman–Crippen MR) is 249 cm³/mol. The van der Waals surface area contributed by atoms with Gasteiger partial charge in [-0.1, -0.05) is 158 Å². The Bertz CT molecular complexity index is 3500. The summed E-state index contributed by atoms with van der Waals surface area (Å²) in [7, 11) is 0. The fourth-order valence-electron chi connectivity index (χ4n) is 9.37. The van der Waals surface area contributed by atoms with Gasteiger partial charge in [-0.05, 0) is 93.3 Å². The van der Waals surface area contributed by atoms with E-state index in [9.17, 15) is 0 Å². The fourth-order valence-corrected chi connectivity index (χ4v) is 9.37. The number of aromatic nitrogens is 1. The molecule has 10 aromatic carbocycles. The Kier molecular flexibility index (Phi) is 7.54. The zero-order valence-electron chi connectivity index (χ0n) is 32.1. The van der Waals surface area contributed by atoms with Crippen LogP contribution in [0.2, 0.25) is 0 Å². The molecule has 2 aromatic heterocycles. The standard InChI is InChI=1S/C56H36N2O/c1-2-16-39(17-3-1)57(40-32-29-38(30-33-40)42-23-14-24-43-41-18-5-4-15-37(41)31-34-44(42)43)53-36-35-48(56-55(53)49-22-9-13-28-54(49)59-56)47-21-8-12-27-52(47)58-50-25-10-6-19-45(50)46-20-7-11-26-51(46)58/h1-36H. The summed E-state index contributed by atoms with van der Waals surface area (Å²) in [5.41, 5.74) is 12.9. The van der Waals surface area contributed by atoms with Crippen LogP contribution in [-0.4, -0.2) is 4.57 Å². The van der Waals surface area contributed by atoms with Crippen LogP contribution in [-0.2, 0) is 0 Å². The van der Waals surface area contributed by atoms with Crippen molar-refractivity contribution in [3.8, 4) is 27.9 Å². The monoisotopic (exact) mass is 752 g/mol. The van der Waals surface area contributed by atoms with Gasteiger partial charge in [0.2, 0.25) is 0 Å². The third-order valence-corrected chi connectivity index (χ3v) is 12.0. The third kappa shape index (κ3) is 5.22. The summed E-state index contributed by atoms with van der Waals surface area (Å²) in [4.78, 5) is 2.37. The minimum absolute atomic E-state index is 0.859. The second-order valence-electron chi connectivity index (χ2n) is 15.2. The molecule has 59 heavy (non-hydrogen) atoms. The SMILES string of the molecule is c1ccc(N(c2ccc(-c3cccc4c3ccc3ccccc34)cc2)c2ccc(-c3ccccc3-n3c4ccccc4c4ccccc43)c3oc4ccccc4c23)cc1. The van der Waals surface area contributed by atoms with E-state index in [0.29, 0.717) is 0 Å². The van der Waals surface area contributed by atoms with Gasteiger partial charge < -0.3 is 13.9 Å².